The number of aromatic hydroxyl groups is 1. The van der Waals surface area contributed by atoms with Crippen LogP contribution in [-0.4, -0.2) is 57.6 Å². The standard InChI is InChI=1S/C15H16N2O5S2/c18-11-3-1-10(2-4-11)7-14(21)22-8-12(19)16-5-6-17-13(20)9-24-15(17)23/h1-4,18H,5-9H2,(H,16,19). The lowest BCUT2D eigenvalue weighted by Gasteiger charge is -2.15. The summed E-state index contributed by atoms with van der Waals surface area (Å²) in [4.78, 5) is 36.2. The fraction of sp³-hybridized carbons (Fsp3) is 0.333. The number of phenols is 1. The number of carbonyl (C=O) groups is 3. The molecule has 24 heavy (non-hydrogen) atoms. The number of esters is 1. The lowest BCUT2D eigenvalue weighted by Crippen LogP contribution is -2.38. The van der Waals surface area contributed by atoms with E-state index in [4.69, 9.17) is 22.1 Å². The van der Waals surface area contributed by atoms with Gasteiger partial charge in [0.2, 0.25) is 5.91 Å². The molecule has 0 aliphatic carbocycles. The molecular formula is C15H16N2O5S2. The minimum atomic E-state index is -0.539. The molecule has 0 bridgehead atoms. The molecule has 1 aliphatic heterocycles. The number of amides is 2. The summed E-state index contributed by atoms with van der Waals surface area (Å²) in [6.07, 6.45) is 0.0152. The third-order valence-corrected chi connectivity index (χ3v) is 4.58. The highest BCUT2D eigenvalue weighted by Gasteiger charge is 2.25. The molecule has 128 valence electrons. The largest absolute Gasteiger partial charge is 0.508 e. The Labute approximate surface area is 148 Å². The van der Waals surface area contributed by atoms with Crippen LogP contribution < -0.4 is 5.32 Å². The van der Waals surface area contributed by atoms with E-state index in [-0.39, 0.29) is 31.2 Å². The van der Waals surface area contributed by atoms with Crippen molar-refractivity contribution in [3.05, 3.63) is 29.8 Å². The highest BCUT2D eigenvalue weighted by Crippen LogP contribution is 2.18. The third-order valence-electron chi connectivity index (χ3n) is 3.15. The molecule has 1 heterocycles. The highest BCUT2D eigenvalue weighted by molar-refractivity contribution is 8.23. The van der Waals surface area contributed by atoms with Gasteiger partial charge in [0.25, 0.3) is 5.91 Å². The molecule has 0 atom stereocenters. The second-order valence-corrected chi connectivity index (χ2v) is 6.56. The van der Waals surface area contributed by atoms with E-state index in [0.29, 0.717) is 22.2 Å². The number of nitrogens with zero attached hydrogens (tertiary/aromatic N) is 1. The quantitative estimate of drug-likeness (QED) is 0.533. The summed E-state index contributed by atoms with van der Waals surface area (Å²) in [5.41, 5.74) is 0.678. The molecule has 0 unspecified atom stereocenters. The number of phenolic OH excluding ortho intramolecular Hbond substituents is 1. The topological polar surface area (TPSA) is 95.9 Å². The van der Waals surface area contributed by atoms with E-state index in [1.807, 2.05) is 0 Å². The van der Waals surface area contributed by atoms with Gasteiger partial charge in [0.05, 0.1) is 12.2 Å². The van der Waals surface area contributed by atoms with Crippen molar-refractivity contribution in [1.82, 2.24) is 10.2 Å². The minimum Gasteiger partial charge on any atom is -0.508 e. The number of thioether (sulfide) groups is 1. The number of rotatable bonds is 7. The van der Waals surface area contributed by atoms with E-state index >= 15 is 0 Å². The van der Waals surface area contributed by atoms with Crippen LogP contribution >= 0.6 is 24.0 Å². The Morgan fingerprint density at radius 2 is 2.04 bits per heavy atom. The van der Waals surface area contributed by atoms with Gasteiger partial charge in [-0.3, -0.25) is 19.3 Å². The molecule has 1 aromatic carbocycles. The van der Waals surface area contributed by atoms with Crippen LogP contribution in [0.1, 0.15) is 5.56 Å². The SMILES string of the molecule is O=C(COC(=O)Cc1ccc(O)cc1)NCCN1C(=O)CSC1=S. The average molecular weight is 368 g/mol. The average Bonchev–Trinajstić information content (AvgIpc) is 2.87. The zero-order chi connectivity index (χ0) is 17.5. The molecule has 1 saturated heterocycles. The van der Waals surface area contributed by atoms with Crippen molar-refractivity contribution >= 4 is 46.1 Å². The van der Waals surface area contributed by atoms with Gasteiger partial charge in [-0.05, 0) is 17.7 Å². The Balaban J connectivity index is 1.63. The molecule has 2 N–H and O–H groups in total. The minimum absolute atomic E-state index is 0.0152. The first-order chi connectivity index (χ1) is 11.5. The second-order valence-electron chi connectivity index (χ2n) is 4.95. The molecule has 0 saturated carbocycles. The number of hydrogen-bond donors (Lipinski definition) is 2. The van der Waals surface area contributed by atoms with Crippen molar-refractivity contribution in [2.24, 2.45) is 0 Å². The smallest absolute Gasteiger partial charge is 0.310 e. The zero-order valence-electron chi connectivity index (χ0n) is 12.7. The predicted octanol–water partition coefficient (Wildman–Crippen LogP) is 0.454. The molecule has 9 heteroatoms. The van der Waals surface area contributed by atoms with Crippen molar-refractivity contribution in [1.29, 1.82) is 0 Å². The first-order valence-electron chi connectivity index (χ1n) is 7.13. The Bertz CT molecular complexity index is 632. The lowest BCUT2D eigenvalue weighted by atomic mass is 10.1. The van der Waals surface area contributed by atoms with Gasteiger partial charge < -0.3 is 15.2 Å². The Morgan fingerprint density at radius 1 is 1.33 bits per heavy atom. The number of thiocarbonyl (C=S) groups is 1. The summed E-state index contributed by atoms with van der Waals surface area (Å²) < 4.78 is 5.39. The molecule has 1 fully saturated rings. The third kappa shape index (κ3) is 5.50. The maximum Gasteiger partial charge on any atom is 0.310 e. The summed E-state index contributed by atoms with van der Waals surface area (Å²) in [5.74, 6) is -0.607. The van der Waals surface area contributed by atoms with Crippen LogP contribution in [0.25, 0.3) is 0 Å². The number of nitrogens with one attached hydrogen (secondary N) is 1. The van der Waals surface area contributed by atoms with E-state index in [1.165, 1.54) is 28.8 Å². The Kier molecular flexibility index (Phi) is 6.56. The lowest BCUT2D eigenvalue weighted by molar-refractivity contribution is -0.147. The van der Waals surface area contributed by atoms with Gasteiger partial charge >= 0.3 is 5.97 Å². The summed E-state index contributed by atoms with van der Waals surface area (Å²) in [6.45, 7) is 0.155. The van der Waals surface area contributed by atoms with E-state index in [9.17, 15) is 14.4 Å². The molecule has 0 spiro atoms. The number of carbonyl (C=O) groups excluding carboxylic acids is 3. The molecule has 1 aromatic rings. The zero-order valence-corrected chi connectivity index (χ0v) is 14.3. The Morgan fingerprint density at radius 3 is 2.67 bits per heavy atom. The summed E-state index contributed by atoms with van der Waals surface area (Å²) in [5, 5.41) is 11.7. The molecule has 0 radical (unpaired) electrons. The molecular weight excluding hydrogens is 352 g/mol. The van der Waals surface area contributed by atoms with Crippen LogP contribution in [0.3, 0.4) is 0 Å². The van der Waals surface area contributed by atoms with Gasteiger partial charge in [0.1, 0.15) is 10.1 Å². The fourth-order valence-corrected chi connectivity index (χ4v) is 3.05. The van der Waals surface area contributed by atoms with Crippen LogP contribution in [0.5, 0.6) is 5.75 Å². The van der Waals surface area contributed by atoms with Crippen molar-refractivity contribution in [3.8, 4) is 5.75 Å². The predicted molar refractivity (Wildman–Crippen MR) is 92.5 cm³/mol. The van der Waals surface area contributed by atoms with E-state index in [0.717, 1.165) is 0 Å². The van der Waals surface area contributed by atoms with Gasteiger partial charge in [0, 0.05) is 13.1 Å². The molecule has 2 amide bonds. The number of benzene rings is 1. The van der Waals surface area contributed by atoms with Gasteiger partial charge in [-0.15, -0.1) is 0 Å². The maximum atomic E-state index is 11.6. The normalized spacial score (nSPS) is 13.9. The van der Waals surface area contributed by atoms with Gasteiger partial charge in [-0.2, -0.15) is 0 Å². The summed E-state index contributed by atoms with van der Waals surface area (Å²) in [7, 11) is 0. The van der Waals surface area contributed by atoms with Gasteiger partial charge in [-0.25, -0.2) is 0 Å². The molecule has 7 nitrogen and oxygen atoms in total. The van der Waals surface area contributed by atoms with Crippen molar-refractivity contribution in [2.45, 2.75) is 6.42 Å². The first-order valence-corrected chi connectivity index (χ1v) is 8.52. The summed E-state index contributed by atoms with van der Waals surface area (Å²) in [6, 6.07) is 6.14. The first kappa shape index (κ1) is 18.2. The maximum absolute atomic E-state index is 11.6. The van der Waals surface area contributed by atoms with Crippen LogP contribution in [0.4, 0.5) is 0 Å². The van der Waals surface area contributed by atoms with Crippen LogP contribution in [-0.2, 0) is 25.5 Å². The monoisotopic (exact) mass is 368 g/mol. The second kappa shape index (κ2) is 8.65. The van der Waals surface area contributed by atoms with E-state index < -0.39 is 11.9 Å². The van der Waals surface area contributed by atoms with E-state index in [1.54, 1.807) is 12.1 Å². The van der Waals surface area contributed by atoms with E-state index in [2.05, 4.69) is 5.32 Å². The van der Waals surface area contributed by atoms with Crippen molar-refractivity contribution < 1.29 is 24.2 Å². The Hall–Kier alpha value is -2.13. The number of ether oxygens (including phenoxy) is 1. The van der Waals surface area contributed by atoms with Crippen LogP contribution in [0.2, 0.25) is 0 Å². The molecule has 2 rings (SSSR count). The van der Waals surface area contributed by atoms with Crippen LogP contribution in [0.15, 0.2) is 24.3 Å². The van der Waals surface area contributed by atoms with Crippen molar-refractivity contribution in [3.63, 3.8) is 0 Å². The summed E-state index contributed by atoms with van der Waals surface area (Å²) >= 11 is 6.32. The fourth-order valence-electron chi connectivity index (χ4n) is 1.93. The molecule has 0 aromatic heterocycles. The van der Waals surface area contributed by atoms with Crippen LogP contribution in [0, 0.1) is 0 Å². The van der Waals surface area contributed by atoms with Gasteiger partial charge in [-0.1, -0.05) is 36.1 Å². The number of hydrogen-bond acceptors (Lipinski definition) is 7. The van der Waals surface area contributed by atoms with Crippen molar-refractivity contribution in [2.75, 3.05) is 25.4 Å². The van der Waals surface area contributed by atoms with Gasteiger partial charge in [0.15, 0.2) is 6.61 Å². The highest BCUT2D eigenvalue weighted by atomic mass is 32.2. The molecule has 1 aliphatic rings.